The number of benzene rings is 1. The Morgan fingerprint density at radius 2 is 1.76 bits per heavy atom. The average Bonchev–Trinajstić information content (AvgIpc) is 3.58. The Bertz CT molecular complexity index is 952. The number of fused-ring (bicyclic) bond motifs is 1. The van der Waals surface area contributed by atoms with Crippen LogP contribution in [0.25, 0.3) is 0 Å². The molecule has 3 heterocycles. The summed E-state index contributed by atoms with van der Waals surface area (Å²) < 4.78 is 11.1. The number of rotatable bonds is 13. The molecular weight excluding hydrogens is 472 g/mol. The van der Waals surface area contributed by atoms with Gasteiger partial charge in [-0.3, -0.25) is 24.2 Å². The van der Waals surface area contributed by atoms with E-state index in [-0.39, 0.29) is 36.5 Å². The minimum absolute atomic E-state index is 0.0791. The number of likely N-dealkylation sites (tertiary alicyclic amines) is 2. The van der Waals surface area contributed by atoms with Crippen LogP contribution in [-0.4, -0.2) is 104 Å². The highest BCUT2D eigenvalue weighted by Gasteiger charge is 2.37. The minimum atomic E-state index is -0.0791. The molecule has 0 bridgehead atoms. The van der Waals surface area contributed by atoms with E-state index in [4.69, 9.17) is 9.47 Å². The average molecular weight is 515 g/mol. The number of hydrogen-bond acceptors (Lipinski definition) is 7. The molecule has 0 unspecified atom stereocenters. The zero-order valence-electron chi connectivity index (χ0n) is 22.6. The van der Waals surface area contributed by atoms with Crippen molar-refractivity contribution in [3.05, 3.63) is 23.8 Å². The first-order chi connectivity index (χ1) is 17.9. The number of amides is 3. The largest absolute Gasteiger partial charge is 0.454 e. The van der Waals surface area contributed by atoms with Crippen LogP contribution in [0, 0.1) is 0 Å². The van der Waals surface area contributed by atoms with Gasteiger partial charge in [0.05, 0.1) is 6.54 Å². The van der Waals surface area contributed by atoms with Crippen molar-refractivity contribution in [2.45, 2.75) is 63.8 Å². The summed E-state index contributed by atoms with van der Waals surface area (Å²) in [7, 11) is 4.11. The van der Waals surface area contributed by atoms with Crippen molar-refractivity contribution in [3.63, 3.8) is 0 Å². The lowest BCUT2D eigenvalue weighted by Crippen LogP contribution is -2.44. The zero-order valence-corrected chi connectivity index (χ0v) is 22.6. The van der Waals surface area contributed by atoms with Crippen molar-refractivity contribution in [1.29, 1.82) is 0 Å². The number of hydrogen-bond donors (Lipinski definition) is 0. The molecule has 2 fully saturated rings. The van der Waals surface area contributed by atoms with Gasteiger partial charge in [0.1, 0.15) is 0 Å². The molecule has 204 valence electrons. The summed E-state index contributed by atoms with van der Waals surface area (Å²) in [5, 5.41) is 0. The fourth-order valence-electron chi connectivity index (χ4n) is 5.60. The third-order valence-corrected chi connectivity index (χ3v) is 7.74. The summed E-state index contributed by atoms with van der Waals surface area (Å²) in [5.41, 5.74) is 1.17. The van der Waals surface area contributed by atoms with Crippen LogP contribution in [-0.2, 0) is 14.4 Å². The molecule has 3 aliphatic rings. The van der Waals surface area contributed by atoms with Gasteiger partial charge in [-0.15, -0.1) is 0 Å². The Balaban J connectivity index is 1.45. The van der Waals surface area contributed by atoms with Crippen LogP contribution in [0.2, 0.25) is 0 Å². The summed E-state index contributed by atoms with van der Waals surface area (Å²) in [5.74, 6) is 1.78. The van der Waals surface area contributed by atoms with E-state index in [0.717, 1.165) is 63.4 Å². The molecular formula is C28H42N4O5. The highest BCUT2D eigenvalue weighted by atomic mass is 16.7. The predicted molar refractivity (Wildman–Crippen MR) is 141 cm³/mol. The Labute approximate surface area is 220 Å². The predicted octanol–water partition coefficient (Wildman–Crippen LogP) is 2.69. The van der Waals surface area contributed by atoms with E-state index >= 15 is 0 Å². The van der Waals surface area contributed by atoms with Crippen LogP contribution in [0.4, 0.5) is 0 Å². The van der Waals surface area contributed by atoms with E-state index in [2.05, 4.69) is 43.0 Å². The highest BCUT2D eigenvalue weighted by Crippen LogP contribution is 2.39. The fraction of sp³-hybridized carbons (Fsp3) is 0.679. The van der Waals surface area contributed by atoms with Crippen molar-refractivity contribution < 1.29 is 23.9 Å². The van der Waals surface area contributed by atoms with E-state index in [9.17, 15) is 14.4 Å². The molecule has 0 spiro atoms. The van der Waals surface area contributed by atoms with Crippen molar-refractivity contribution in [2.24, 2.45) is 0 Å². The number of unbranched alkanes of at least 4 members (excludes halogenated alkanes) is 1. The summed E-state index contributed by atoms with van der Waals surface area (Å²) in [4.78, 5) is 45.7. The third-order valence-electron chi connectivity index (χ3n) is 7.74. The molecule has 0 N–H and O–H groups in total. The lowest BCUT2D eigenvalue weighted by Gasteiger charge is -2.29. The highest BCUT2D eigenvalue weighted by molar-refractivity contribution is 6.01. The van der Waals surface area contributed by atoms with Crippen LogP contribution in [0.1, 0.15) is 63.4 Å². The molecule has 3 amide bonds. The van der Waals surface area contributed by atoms with Crippen LogP contribution in [0.3, 0.4) is 0 Å². The van der Waals surface area contributed by atoms with Gasteiger partial charge < -0.3 is 19.3 Å². The number of nitrogens with zero attached hydrogens (tertiary/aromatic N) is 4. The van der Waals surface area contributed by atoms with Gasteiger partial charge in [-0.25, -0.2) is 0 Å². The molecule has 1 aromatic rings. The number of imide groups is 1. The van der Waals surface area contributed by atoms with Crippen molar-refractivity contribution >= 4 is 17.7 Å². The molecule has 3 aliphatic heterocycles. The standard InChI is InChI=1S/C28H42N4O5/c1-4-5-13-30(14-6-12-29(2)3)28(35)19-31-18-22(21-7-8-24-25(17-21)37-20-36-24)16-23(31)11-15-32-26(33)9-10-27(32)34/h7-8,17,22-23H,4-6,9-16,18-20H2,1-3H3/t22-,23+/m1/s1. The van der Waals surface area contributed by atoms with Crippen LogP contribution in [0.5, 0.6) is 11.5 Å². The second-order valence-corrected chi connectivity index (χ2v) is 10.7. The smallest absolute Gasteiger partial charge is 0.236 e. The first-order valence-electron chi connectivity index (χ1n) is 13.7. The Morgan fingerprint density at radius 1 is 1.03 bits per heavy atom. The second-order valence-electron chi connectivity index (χ2n) is 10.7. The molecule has 2 atom stereocenters. The third kappa shape index (κ3) is 7.02. The number of ether oxygens (including phenoxy) is 2. The Morgan fingerprint density at radius 3 is 2.49 bits per heavy atom. The van der Waals surface area contributed by atoms with Crippen molar-refractivity contribution in [3.8, 4) is 11.5 Å². The van der Waals surface area contributed by atoms with E-state index in [0.29, 0.717) is 32.4 Å². The first kappa shape index (κ1) is 27.4. The van der Waals surface area contributed by atoms with Crippen LogP contribution < -0.4 is 9.47 Å². The first-order valence-corrected chi connectivity index (χ1v) is 13.7. The summed E-state index contributed by atoms with van der Waals surface area (Å²) >= 11 is 0. The van der Waals surface area contributed by atoms with Crippen LogP contribution >= 0.6 is 0 Å². The molecule has 4 rings (SSSR count). The molecule has 0 saturated carbocycles. The lowest BCUT2D eigenvalue weighted by atomic mass is 9.95. The van der Waals surface area contributed by atoms with Gasteiger partial charge in [0.25, 0.3) is 0 Å². The number of carbonyl (C=O) groups is 3. The molecule has 0 aromatic heterocycles. The summed E-state index contributed by atoms with van der Waals surface area (Å²) in [6, 6.07) is 6.22. The topological polar surface area (TPSA) is 82.6 Å². The van der Waals surface area contributed by atoms with Gasteiger partial charge in [-0.2, -0.15) is 0 Å². The van der Waals surface area contributed by atoms with E-state index in [1.54, 1.807) is 0 Å². The van der Waals surface area contributed by atoms with Gasteiger partial charge in [0.15, 0.2) is 11.5 Å². The Hall–Kier alpha value is -2.65. The quantitative estimate of drug-likeness (QED) is 0.374. The fourth-order valence-corrected chi connectivity index (χ4v) is 5.60. The maximum absolute atomic E-state index is 13.5. The van der Waals surface area contributed by atoms with Crippen molar-refractivity contribution in [2.75, 3.05) is 60.2 Å². The Kier molecular flexibility index (Phi) is 9.43. The molecule has 1 aromatic carbocycles. The molecule has 37 heavy (non-hydrogen) atoms. The molecule has 2 saturated heterocycles. The van der Waals surface area contributed by atoms with E-state index < -0.39 is 0 Å². The second kappa shape index (κ2) is 12.7. The maximum Gasteiger partial charge on any atom is 0.236 e. The van der Waals surface area contributed by atoms with E-state index in [1.807, 2.05) is 11.0 Å². The molecule has 0 aliphatic carbocycles. The van der Waals surface area contributed by atoms with E-state index in [1.165, 1.54) is 10.5 Å². The monoisotopic (exact) mass is 514 g/mol. The summed E-state index contributed by atoms with van der Waals surface area (Å²) in [6.07, 6.45) is 5.17. The number of carbonyl (C=O) groups excluding carboxylic acids is 3. The van der Waals surface area contributed by atoms with Gasteiger partial charge >= 0.3 is 0 Å². The minimum Gasteiger partial charge on any atom is -0.454 e. The zero-order chi connectivity index (χ0) is 26.4. The molecule has 9 heteroatoms. The van der Waals surface area contributed by atoms with Gasteiger partial charge in [-0.05, 0) is 69.9 Å². The lowest BCUT2D eigenvalue weighted by molar-refractivity contribution is -0.139. The van der Waals surface area contributed by atoms with Gasteiger partial charge in [0, 0.05) is 45.1 Å². The molecule has 9 nitrogen and oxygen atoms in total. The SMILES string of the molecule is CCCCN(CCCN(C)C)C(=O)CN1C[C@H](c2ccc3c(c2)OCO3)C[C@@H]1CCN1C(=O)CCC1=O. The maximum atomic E-state index is 13.5. The summed E-state index contributed by atoms with van der Waals surface area (Å²) in [6.45, 7) is 6.43. The van der Waals surface area contributed by atoms with Crippen molar-refractivity contribution in [1.82, 2.24) is 19.6 Å². The van der Waals surface area contributed by atoms with Gasteiger partial charge in [-0.1, -0.05) is 19.4 Å². The van der Waals surface area contributed by atoms with Crippen LogP contribution in [0.15, 0.2) is 18.2 Å². The molecule has 0 radical (unpaired) electrons. The van der Waals surface area contributed by atoms with Gasteiger partial charge in [0.2, 0.25) is 24.5 Å². The normalized spacial score (nSPS) is 21.5.